The van der Waals surface area contributed by atoms with Crippen LogP contribution < -0.4 is 10.1 Å². The lowest BCUT2D eigenvalue weighted by Gasteiger charge is -2.15. The molecule has 1 N–H and O–H groups in total. The van der Waals surface area contributed by atoms with E-state index in [-0.39, 0.29) is 0 Å². The molecule has 0 radical (unpaired) electrons. The molecule has 0 aromatic heterocycles. The third-order valence-corrected chi connectivity index (χ3v) is 1.62. The average Bonchev–Trinajstić information content (AvgIpc) is 2.17. The molecule has 1 aliphatic heterocycles. The number of benzene rings is 1. The van der Waals surface area contributed by atoms with Gasteiger partial charge >= 0.3 is 0 Å². The SMILES string of the molecule is C#CC1=COc2ccccc2N1. The summed E-state index contributed by atoms with van der Waals surface area (Å²) in [7, 11) is 0. The van der Waals surface area contributed by atoms with Crippen molar-refractivity contribution < 1.29 is 4.74 Å². The standard InChI is InChI=1S/C10H7NO/c1-2-8-7-12-10-6-4-3-5-9(10)11-8/h1,3-7,11H. The van der Waals surface area contributed by atoms with E-state index < -0.39 is 0 Å². The highest BCUT2D eigenvalue weighted by molar-refractivity contribution is 5.63. The second-order valence-electron chi connectivity index (χ2n) is 2.41. The van der Waals surface area contributed by atoms with E-state index in [1.165, 1.54) is 6.26 Å². The van der Waals surface area contributed by atoms with E-state index >= 15 is 0 Å². The van der Waals surface area contributed by atoms with Crippen LogP contribution in [-0.4, -0.2) is 0 Å². The van der Waals surface area contributed by atoms with Crippen molar-refractivity contribution in [1.82, 2.24) is 0 Å². The third kappa shape index (κ3) is 1.02. The smallest absolute Gasteiger partial charge is 0.150 e. The van der Waals surface area contributed by atoms with Gasteiger partial charge in [-0.15, -0.1) is 6.42 Å². The van der Waals surface area contributed by atoms with E-state index in [2.05, 4.69) is 11.2 Å². The van der Waals surface area contributed by atoms with Crippen molar-refractivity contribution in [2.24, 2.45) is 0 Å². The Bertz CT molecular complexity index is 374. The highest BCUT2D eigenvalue weighted by Crippen LogP contribution is 2.28. The first-order chi connectivity index (χ1) is 5.90. The molecule has 0 aliphatic carbocycles. The van der Waals surface area contributed by atoms with Crippen LogP contribution in [0, 0.1) is 12.3 Å². The fraction of sp³-hybridized carbons (Fsp3) is 0. The van der Waals surface area contributed by atoms with Gasteiger partial charge < -0.3 is 10.1 Å². The van der Waals surface area contributed by atoms with Crippen LogP contribution >= 0.6 is 0 Å². The highest BCUT2D eigenvalue weighted by atomic mass is 16.5. The summed E-state index contributed by atoms with van der Waals surface area (Å²) in [6.45, 7) is 0. The van der Waals surface area contributed by atoms with Crippen LogP contribution in [0.1, 0.15) is 0 Å². The number of hydrogen-bond acceptors (Lipinski definition) is 2. The molecule has 0 fully saturated rings. The molecule has 12 heavy (non-hydrogen) atoms. The van der Waals surface area contributed by atoms with Gasteiger partial charge in [-0.05, 0) is 18.1 Å². The number of rotatable bonds is 0. The molecular weight excluding hydrogens is 150 g/mol. The van der Waals surface area contributed by atoms with Crippen molar-refractivity contribution >= 4 is 5.69 Å². The van der Waals surface area contributed by atoms with Gasteiger partial charge in [-0.25, -0.2) is 0 Å². The van der Waals surface area contributed by atoms with Gasteiger partial charge in [0, 0.05) is 0 Å². The Labute approximate surface area is 70.9 Å². The monoisotopic (exact) mass is 157 g/mol. The number of anilines is 1. The Morgan fingerprint density at radius 2 is 2.17 bits per heavy atom. The van der Waals surface area contributed by atoms with Crippen molar-refractivity contribution in [3.05, 3.63) is 36.2 Å². The van der Waals surface area contributed by atoms with Gasteiger partial charge in [0.05, 0.1) is 5.69 Å². The number of nitrogens with one attached hydrogen (secondary N) is 1. The van der Waals surface area contributed by atoms with Crippen molar-refractivity contribution in [3.8, 4) is 18.1 Å². The van der Waals surface area contributed by atoms with E-state index in [1.807, 2.05) is 24.3 Å². The van der Waals surface area contributed by atoms with E-state index in [0.717, 1.165) is 11.4 Å². The first kappa shape index (κ1) is 6.81. The summed E-state index contributed by atoms with van der Waals surface area (Å²) >= 11 is 0. The van der Waals surface area contributed by atoms with Crippen LogP contribution in [0.25, 0.3) is 0 Å². The van der Waals surface area contributed by atoms with Gasteiger partial charge in [0.2, 0.25) is 0 Å². The Morgan fingerprint density at radius 3 is 3.00 bits per heavy atom. The van der Waals surface area contributed by atoms with E-state index in [4.69, 9.17) is 11.2 Å². The fourth-order valence-electron chi connectivity index (χ4n) is 1.04. The third-order valence-electron chi connectivity index (χ3n) is 1.62. The van der Waals surface area contributed by atoms with Crippen molar-refractivity contribution in [2.45, 2.75) is 0 Å². The number of hydrogen-bond donors (Lipinski definition) is 1. The predicted molar refractivity (Wildman–Crippen MR) is 47.6 cm³/mol. The van der Waals surface area contributed by atoms with Gasteiger partial charge in [-0.2, -0.15) is 0 Å². The second kappa shape index (κ2) is 2.63. The minimum Gasteiger partial charge on any atom is -0.460 e. The minimum atomic E-state index is 0.647. The lowest BCUT2D eigenvalue weighted by atomic mass is 10.2. The minimum absolute atomic E-state index is 0.647. The number of ether oxygens (including phenoxy) is 1. The zero-order valence-corrected chi connectivity index (χ0v) is 6.37. The molecule has 0 unspecified atom stereocenters. The maximum absolute atomic E-state index is 5.26. The van der Waals surface area contributed by atoms with Gasteiger partial charge in [-0.1, -0.05) is 12.1 Å². The largest absolute Gasteiger partial charge is 0.460 e. The van der Waals surface area contributed by atoms with Crippen LogP contribution in [-0.2, 0) is 0 Å². The van der Waals surface area contributed by atoms with E-state index in [1.54, 1.807) is 0 Å². The van der Waals surface area contributed by atoms with Gasteiger partial charge in [-0.3, -0.25) is 0 Å². The molecule has 1 aromatic carbocycles. The van der Waals surface area contributed by atoms with E-state index in [9.17, 15) is 0 Å². The summed E-state index contributed by atoms with van der Waals surface area (Å²) in [6, 6.07) is 7.63. The Morgan fingerprint density at radius 1 is 1.33 bits per heavy atom. The maximum atomic E-state index is 5.26. The molecule has 2 nitrogen and oxygen atoms in total. The van der Waals surface area contributed by atoms with Crippen LogP contribution in [0.4, 0.5) is 5.69 Å². The van der Waals surface area contributed by atoms with Gasteiger partial charge in [0.1, 0.15) is 17.7 Å². The quantitative estimate of drug-likeness (QED) is 0.581. The summed E-state index contributed by atoms with van der Waals surface area (Å²) < 4.78 is 5.26. The first-order valence-electron chi connectivity index (χ1n) is 3.59. The topological polar surface area (TPSA) is 21.3 Å². The molecule has 1 aliphatic rings. The molecule has 0 saturated heterocycles. The molecule has 2 rings (SSSR count). The highest BCUT2D eigenvalue weighted by Gasteiger charge is 2.07. The zero-order valence-electron chi connectivity index (χ0n) is 6.37. The van der Waals surface area contributed by atoms with Crippen molar-refractivity contribution in [3.63, 3.8) is 0 Å². The molecule has 1 aromatic rings. The fourth-order valence-corrected chi connectivity index (χ4v) is 1.04. The number of allylic oxidation sites excluding steroid dienone is 1. The average molecular weight is 157 g/mol. The Balaban J connectivity index is 2.38. The summed E-state index contributed by atoms with van der Waals surface area (Å²) in [4.78, 5) is 0. The van der Waals surface area contributed by atoms with Gasteiger partial charge in [0.15, 0.2) is 0 Å². The van der Waals surface area contributed by atoms with Crippen LogP contribution in [0.15, 0.2) is 36.2 Å². The lowest BCUT2D eigenvalue weighted by Crippen LogP contribution is -2.05. The van der Waals surface area contributed by atoms with Crippen molar-refractivity contribution in [1.29, 1.82) is 0 Å². The molecular formula is C10H7NO. The zero-order chi connectivity index (χ0) is 8.39. The van der Waals surface area contributed by atoms with Gasteiger partial charge in [0.25, 0.3) is 0 Å². The summed E-state index contributed by atoms with van der Waals surface area (Å²) in [5.41, 5.74) is 1.56. The van der Waals surface area contributed by atoms with Crippen LogP contribution in [0.2, 0.25) is 0 Å². The Hall–Kier alpha value is -1.88. The van der Waals surface area contributed by atoms with E-state index in [0.29, 0.717) is 5.70 Å². The molecule has 0 bridgehead atoms. The van der Waals surface area contributed by atoms with Crippen LogP contribution in [0.5, 0.6) is 5.75 Å². The molecule has 0 spiro atoms. The molecule has 0 saturated carbocycles. The summed E-state index contributed by atoms with van der Waals surface area (Å²) in [6.07, 6.45) is 6.73. The molecule has 0 amide bonds. The normalized spacial score (nSPS) is 13.1. The molecule has 2 heteroatoms. The number of terminal acetylenes is 1. The maximum Gasteiger partial charge on any atom is 0.150 e. The lowest BCUT2D eigenvalue weighted by molar-refractivity contribution is 0.474. The molecule has 1 heterocycles. The summed E-state index contributed by atoms with van der Waals surface area (Å²) in [5, 5.41) is 3.05. The second-order valence-corrected chi connectivity index (χ2v) is 2.41. The summed E-state index contributed by atoms with van der Waals surface area (Å²) in [5.74, 6) is 3.27. The predicted octanol–water partition coefficient (Wildman–Crippen LogP) is 1.97. The first-order valence-corrected chi connectivity index (χ1v) is 3.59. The Kier molecular flexibility index (Phi) is 1.49. The molecule has 58 valence electrons. The number of para-hydroxylation sites is 2. The van der Waals surface area contributed by atoms with Crippen LogP contribution in [0.3, 0.4) is 0 Å². The number of fused-ring (bicyclic) bond motifs is 1. The molecule has 0 atom stereocenters. The van der Waals surface area contributed by atoms with Crippen molar-refractivity contribution in [2.75, 3.05) is 5.32 Å².